The van der Waals surface area contributed by atoms with Gasteiger partial charge in [-0.2, -0.15) is 0 Å². The van der Waals surface area contributed by atoms with Gasteiger partial charge in [-0.25, -0.2) is 0 Å². The molecule has 1 aliphatic rings. The van der Waals surface area contributed by atoms with Crippen molar-refractivity contribution in [2.45, 2.75) is 12.7 Å². The summed E-state index contributed by atoms with van der Waals surface area (Å²) in [6.07, 6.45) is 2.35. The van der Waals surface area contributed by atoms with Crippen LogP contribution in [0.4, 0.5) is 0 Å². The van der Waals surface area contributed by atoms with Gasteiger partial charge in [0.1, 0.15) is 5.76 Å². The van der Waals surface area contributed by atoms with Crippen molar-refractivity contribution in [2.75, 3.05) is 7.11 Å². The molecule has 3 aromatic rings. The maximum Gasteiger partial charge on any atom is 0.241 e. The van der Waals surface area contributed by atoms with Crippen molar-refractivity contribution in [3.8, 4) is 0 Å². The van der Waals surface area contributed by atoms with Crippen molar-refractivity contribution in [1.82, 2.24) is 4.57 Å². The zero-order chi connectivity index (χ0) is 15.8. The molecule has 0 spiro atoms. The second-order valence-corrected chi connectivity index (χ2v) is 6.02. The first kappa shape index (κ1) is 14.4. The van der Waals surface area contributed by atoms with E-state index in [1.165, 1.54) is 5.39 Å². The Kier molecular flexibility index (Phi) is 3.60. The lowest BCUT2D eigenvalue weighted by Gasteiger charge is -2.25. The van der Waals surface area contributed by atoms with Gasteiger partial charge in [-0.05, 0) is 29.8 Å². The molecule has 0 bridgehead atoms. The lowest BCUT2D eigenvalue weighted by Crippen LogP contribution is -2.16. The minimum absolute atomic E-state index is 0.394. The van der Waals surface area contributed by atoms with E-state index in [-0.39, 0.29) is 0 Å². The van der Waals surface area contributed by atoms with Crippen LogP contribution in [0.3, 0.4) is 0 Å². The number of hydrogen-bond acceptors (Lipinski definition) is 2. The second kappa shape index (κ2) is 5.76. The Morgan fingerprint density at radius 1 is 1.13 bits per heavy atom. The molecule has 3 nitrogen and oxygen atoms in total. The fourth-order valence-corrected chi connectivity index (χ4v) is 3.08. The zero-order valence-corrected chi connectivity index (χ0v) is 13.5. The van der Waals surface area contributed by atoms with E-state index in [9.17, 15) is 0 Å². The van der Waals surface area contributed by atoms with Gasteiger partial charge in [-0.3, -0.25) is 0 Å². The van der Waals surface area contributed by atoms with E-state index in [0.717, 1.165) is 27.6 Å². The van der Waals surface area contributed by atoms with Crippen LogP contribution in [0.2, 0.25) is 5.02 Å². The molecule has 0 saturated heterocycles. The van der Waals surface area contributed by atoms with Crippen molar-refractivity contribution in [2.24, 2.45) is 0 Å². The normalized spacial score (nSPS) is 16.8. The summed E-state index contributed by atoms with van der Waals surface area (Å²) < 4.78 is 13.7. The van der Waals surface area contributed by atoms with Crippen LogP contribution in [-0.4, -0.2) is 11.7 Å². The molecule has 116 valence electrons. The second-order valence-electron chi connectivity index (χ2n) is 5.58. The first-order valence-corrected chi connectivity index (χ1v) is 7.87. The van der Waals surface area contributed by atoms with E-state index in [0.29, 0.717) is 6.42 Å². The molecule has 2 heterocycles. The summed E-state index contributed by atoms with van der Waals surface area (Å²) >= 11 is 5.95. The summed E-state index contributed by atoms with van der Waals surface area (Å²) in [7, 11) is 1.66. The van der Waals surface area contributed by atoms with Gasteiger partial charge < -0.3 is 14.0 Å². The smallest absolute Gasteiger partial charge is 0.241 e. The number of aromatic nitrogens is 1. The third kappa shape index (κ3) is 2.62. The number of nitrogens with zero attached hydrogens (tertiary/aromatic N) is 1. The van der Waals surface area contributed by atoms with Crippen LogP contribution in [0.5, 0.6) is 0 Å². The van der Waals surface area contributed by atoms with E-state index in [4.69, 9.17) is 21.1 Å². The molecule has 0 radical (unpaired) electrons. The summed E-state index contributed by atoms with van der Waals surface area (Å²) in [5.41, 5.74) is 3.31. The molecule has 1 unspecified atom stereocenters. The van der Waals surface area contributed by atoms with Crippen molar-refractivity contribution >= 4 is 28.7 Å². The average molecular weight is 326 g/mol. The number of para-hydroxylation sites is 1. The Balaban J connectivity index is 1.75. The Morgan fingerprint density at radius 3 is 2.70 bits per heavy atom. The molecular formula is C19H16ClNO2. The van der Waals surface area contributed by atoms with Gasteiger partial charge in [-0.15, -0.1) is 0 Å². The summed E-state index contributed by atoms with van der Waals surface area (Å²) in [6, 6.07) is 18.2. The molecule has 1 aliphatic heterocycles. The molecule has 0 saturated carbocycles. The quantitative estimate of drug-likeness (QED) is 0.675. The lowest BCUT2D eigenvalue weighted by atomic mass is 10.1. The number of benzene rings is 2. The minimum Gasteiger partial charge on any atom is -0.461 e. The lowest BCUT2D eigenvalue weighted by molar-refractivity contribution is -0.105. The molecule has 2 aromatic carbocycles. The molecule has 0 amide bonds. The van der Waals surface area contributed by atoms with E-state index in [1.807, 2.05) is 42.6 Å². The van der Waals surface area contributed by atoms with Crippen molar-refractivity contribution < 1.29 is 9.47 Å². The molecule has 1 aromatic heterocycles. The highest BCUT2D eigenvalue weighted by molar-refractivity contribution is 6.30. The highest BCUT2D eigenvalue weighted by Gasteiger charge is 2.24. The van der Waals surface area contributed by atoms with Gasteiger partial charge in [0.15, 0.2) is 0 Å². The standard InChI is InChI=1S/C19H16ClNO2/c1-22-19-18-11-14-4-2-3-5-17(14)21(18)12-16(23-19)10-13-6-8-15(20)9-7-13/h2-9,11-12,19H,10H2,1H3. The molecule has 4 heteroatoms. The predicted octanol–water partition coefficient (Wildman–Crippen LogP) is 5.01. The van der Waals surface area contributed by atoms with E-state index in [1.54, 1.807) is 7.11 Å². The fraction of sp³-hybridized carbons (Fsp3) is 0.158. The Labute approximate surface area is 139 Å². The average Bonchev–Trinajstić information content (AvgIpc) is 2.95. The van der Waals surface area contributed by atoms with Gasteiger partial charge in [-0.1, -0.05) is 41.9 Å². The van der Waals surface area contributed by atoms with Gasteiger partial charge in [0.05, 0.1) is 11.2 Å². The van der Waals surface area contributed by atoms with Crippen molar-refractivity contribution in [3.63, 3.8) is 0 Å². The predicted molar refractivity (Wildman–Crippen MR) is 92.2 cm³/mol. The summed E-state index contributed by atoms with van der Waals surface area (Å²) in [6.45, 7) is 0. The zero-order valence-electron chi connectivity index (χ0n) is 12.7. The van der Waals surface area contributed by atoms with Crippen LogP contribution in [0.1, 0.15) is 17.5 Å². The monoisotopic (exact) mass is 325 g/mol. The number of hydrogen-bond donors (Lipinski definition) is 0. The number of fused-ring (bicyclic) bond motifs is 3. The molecule has 4 rings (SSSR count). The van der Waals surface area contributed by atoms with E-state index >= 15 is 0 Å². The molecular weight excluding hydrogens is 310 g/mol. The Hall–Kier alpha value is -2.23. The van der Waals surface area contributed by atoms with Crippen molar-refractivity contribution in [1.29, 1.82) is 0 Å². The summed E-state index contributed by atoms with van der Waals surface area (Å²) in [4.78, 5) is 0. The number of methoxy groups -OCH3 is 1. The largest absolute Gasteiger partial charge is 0.461 e. The maximum atomic E-state index is 6.01. The van der Waals surface area contributed by atoms with Crippen molar-refractivity contribution in [3.05, 3.63) is 76.6 Å². The fourth-order valence-electron chi connectivity index (χ4n) is 2.95. The van der Waals surface area contributed by atoms with Gasteiger partial charge in [0.2, 0.25) is 6.29 Å². The van der Waals surface area contributed by atoms with Gasteiger partial charge >= 0.3 is 0 Å². The first-order valence-electron chi connectivity index (χ1n) is 7.49. The molecule has 0 N–H and O–H groups in total. The highest BCUT2D eigenvalue weighted by Crippen LogP contribution is 2.34. The molecule has 23 heavy (non-hydrogen) atoms. The van der Waals surface area contributed by atoms with Crippen LogP contribution < -0.4 is 0 Å². The molecule has 0 fully saturated rings. The maximum absolute atomic E-state index is 6.01. The number of rotatable bonds is 3. The van der Waals surface area contributed by atoms with Crippen LogP contribution in [0.15, 0.2) is 60.4 Å². The number of allylic oxidation sites excluding steroid dienone is 1. The highest BCUT2D eigenvalue weighted by atomic mass is 35.5. The van der Waals surface area contributed by atoms with Gasteiger partial charge in [0, 0.05) is 30.1 Å². The number of halogens is 1. The first-order chi connectivity index (χ1) is 11.2. The van der Waals surface area contributed by atoms with Gasteiger partial charge in [0.25, 0.3) is 0 Å². The summed E-state index contributed by atoms with van der Waals surface area (Å²) in [5.74, 6) is 0.869. The third-order valence-electron chi connectivity index (χ3n) is 4.06. The molecule has 1 atom stereocenters. The molecule has 0 aliphatic carbocycles. The summed E-state index contributed by atoms with van der Waals surface area (Å²) in [5, 5.41) is 1.91. The van der Waals surface area contributed by atoms with E-state index in [2.05, 4.69) is 22.8 Å². The van der Waals surface area contributed by atoms with Crippen LogP contribution in [0, 0.1) is 0 Å². The topological polar surface area (TPSA) is 23.4 Å². The third-order valence-corrected chi connectivity index (χ3v) is 4.31. The minimum atomic E-state index is -0.394. The van der Waals surface area contributed by atoms with Crippen LogP contribution in [-0.2, 0) is 15.9 Å². The number of ether oxygens (including phenoxy) is 2. The van der Waals surface area contributed by atoms with Crippen LogP contribution in [0.25, 0.3) is 17.1 Å². The van der Waals surface area contributed by atoms with Crippen LogP contribution >= 0.6 is 11.6 Å². The Bertz CT molecular complexity index is 880. The SMILES string of the molecule is COC1OC(Cc2ccc(Cl)cc2)=Cn2c1cc1ccccc12. The van der Waals surface area contributed by atoms with E-state index < -0.39 is 6.29 Å². The Morgan fingerprint density at radius 2 is 1.91 bits per heavy atom.